The molecule has 1 N–H and O–H groups in total. The number of benzene rings is 2. The van der Waals surface area contributed by atoms with Gasteiger partial charge in [0.15, 0.2) is 5.78 Å². The molecule has 0 radical (unpaired) electrons. The Morgan fingerprint density at radius 1 is 1.10 bits per heavy atom. The molecule has 2 aromatic rings. The average molecular weight is 457 g/mol. The normalized spacial score (nSPS) is 15.2. The maximum absolute atomic E-state index is 12.3. The summed E-state index contributed by atoms with van der Waals surface area (Å²) < 4.78 is 0.996. The van der Waals surface area contributed by atoms with Crippen LogP contribution in [0, 0.1) is 0 Å². The summed E-state index contributed by atoms with van der Waals surface area (Å²) in [5, 5.41) is 2.95. The second-order valence-corrected chi connectivity index (χ2v) is 8.59. The minimum absolute atomic E-state index is 0.0506. The number of ketones is 1. The van der Waals surface area contributed by atoms with Crippen LogP contribution < -0.4 is 5.32 Å². The number of anilines is 1. The Bertz CT molecular complexity index is 827. The van der Waals surface area contributed by atoms with Gasteiger partial charge in [-0.05, 0) is 74.6 Å². The fourth-order valence-corrected chi connectivity index (χ4v) is 4.12. The summed E-state index contributed by atoms with van der Waals surface area (Å²) in [6, 6.07) is 15.9. The summed E-state index contributed by atoms with van der Waals surface area (Å²) in [5.74, 6) is 0.808. The Morgan fingerprint density at radius 2 is 1.83 bits per heavy atom. The van der Waals surface area contributed by atoms with E-state index in [1.54, 1.807) is 0 Å². The van der Waals surface area contributed by atoms with E-state index >= 15 is 0 Å². The topological polar surface area (TPSA) is 49.4 Å². The van der Waals surface area contributed by atoms with E-state index in [9.17, 15) is 9.59 Å². The maximum Gasteiger partial charge on any atom is 0.224 e. The van der Waals surface area contributed by atoms with Gasteiger partial charge in [-0.1, -0.05) is 47.1 Å². The third-order valence-corrected chi connectivity index (χ3v) is 6.12. The lowest BCUT2D eigenvalue weighted by Crippen LogP contribution is -2.33. The van der Waals surface area contributed by atoms with Gasteiger partial charge >= 0.3 is 0 Å². The molecular weight excluding hydrogens is 428 g/mol. The zero-order valence-electron chi connectivity index (χ0n) is 17.0. The van der Waals surface area contributed by atoms with Crippen LogP contribution in [0.25, 0.3) is 0 Å². The lowest BCUT2D eigenvalue weighted by molar-refractivity contribution is -0.115. The number of halogens is 1. The van der Waals surface area contributed by atoms with Crippen molar-refractivity contribution in [2.45, 2.75) is 44.9 Å². The van der Waals surface area contributed by atoms with Crippen LogP contribution in [-0.2, 0) is 4.79 Å². The van der Waals surface area contributed by atoms with Gasteiger partial charge < -0.3 is 10.2 Å². The van der Waals surface area contributed by atoms with Crippen molar-refractivity contribution in [3.8, 4) is 0 Å². The second-order valence-electron chi connectivity index (χ2n) is 7.68. The molecule has 0 aromatic heterocycles. The summed E-state index contributed by atoms with van der Waals surface area (Å²) in [5.41, 5.74) is 2.99. The SMILES string of the molecule is CCC(=O)Nc1cccc(C2CCN(CCCC(=O)c3ccc(Br)cc3)CC2)c1. The van der Waals surface area contributed by atoms with Crippen LogP contribution in [0.15, 0.2) is 53.0 Å². The van der Waals surface area contributed by atoms with E-state index in [1.807, 2.05) is 43.3 Å². The molecule has 154 valence electrons. The highest BCUT2D eigenvalue weighted by atomic mass is 79.9. The van der Waals surface area contributed by atoms with Gasteiger partial charge in [-0.25, -0.2) is 0 Å². The molecule has 1 saturated heterocycles. The molecule has 3 rings (SSSR count). The number of nitrogens with zero attached hydrogens (tertiary/aromatic N) is 1. The molecule has 1 aliphatic rings. The Morgan fingerprint density at radius 3 is 2.52 bits per heavy atom. The zero-order chi connectivity index (χ0) is 20.6. The van der Waals surface area contributed by atoms with Crippen LogP contribution in [0.2, 0.25) is 0 Å². The van der Waals surface area contributed by atoms with Gasteiger partial charge in [-0.3, -0.25) is 9.59 Å². The van der Waals surface area contributed by atoms with Crippen LogP contribution in [0.4, 0.5) is 5.69 Å². The predicted molar refractivity (Wildman–Crippen MR) is 121 cm³/mol. The smallest absolute Gasteiger partial charge is 0.224 e. The highest BCUT2D eigenvalue weighted by Crippen LogP contribution is 2.29. The molecule has 2 aromatic carbocycles. The number of Topliss-reactive ketones (excluding diaryl/α,β-unsaturated/α-hetero) is 1. The lowest BCUT2D eigenvalue weighted by Gasteiger charge is -2.32. The summed E-state index contributed by atoms with van der Waals surface area (Å²) in [4.78, 5) is 26.4. The maximum atomic E-state index is 12.3. The molecule has 0 bridgehead atoms. The highest BCUT2D eigenvalue weighted by Gasteiger charge is 2.21. The molecule has 29 heavy (non-hydrogen) atoms. The number of nitrogens with one attached hydrogen (secondary N) is 1. The van der Waals surface area contributed by atoms with E-state index in [-0.39, 0.29) is 11.7 Å². The van der Waals surface area contributed by atoms with E-state index < -0.39 is 0 Å². The van der Waals surface area contributed by atoms with Crippen molar-refractivity contribution in [2.24, 2.45) is 0 Å². The number of rotatable bonds is 8. The molecule has 0 unspecified atom stereocenters. The highest BCUT2D eigenvalue weighted by molar-refractivity contribution is 9.10. The first-order chi connectivity index (χ1) is 14.0. The molecule has 1 heterocycles. The van der Waals surface area contributed by atoms with Crippen LogP contribution in [0.5, 0.6) is 0 Å². The average Bonchev–Trinajstić information content (AvgIpc) is 2.74. The molecule has 1 amide bonds. The molecule has 0 atom stereocenters. The zero-order valence-corrected chi connectivity index (χ0v) is 18.6. The molecule has 0 spiro atoms. The Labute approximate surface area is 181 Å². The third-order valence-electron chi connectivity index (χ3n) is 5.59. The first-order valence-electron chi connectivity index (χ1n) is 10.5. The fraction of sp³-hybridized carbons (Fsp3) is 0.417. The van der Waals surface area contributed by atoms with Gasteiger partial charge in [0.05, 0.1) is 0 Å². The molecule has 0 aliphatic carbocycles. The summed E-state index contributed by atoms with van der Waals surface area (Å²) in [7, 11) is 0. The monoisotopic (exact) mass is 456 g/mol. The quantitative estimate of drug-likeness (QED) is 0.522. The number of hydrogen-bond donors (Lipinski definition) is 1. The van der Waals surface area contributed by atoms with Crippen molar-refractivity contribution >= 4 is 33.3 Å². The molecular formula is C24H29BrN2O2. The minimum Gasteiger partial charge on any atom is -0.326 e. The lowest BCUT2D eigenvalue weighted by atomic mass is 9.89. The predicted octanol–water partition coefficient (Wildman–Crippen LogP) is 5.64. The van der Waals surface area contributed by atoms with E-state index in [1.165, 1.54) is 5.56 Å². The van der Waals surface area contributed by atoms with E-state index in [0.717, 1.165) is 54.6 Å². The summed E-state index contributed by atoms with van der Waals surface area (Å²) in [6.45, 7) is 4.95. The Hall–Kier alpha value is -1.98. The third kappa shape index (κ3) is 6.51. The largest absolute Gasteiger partial charge is 0.326 e. The van der Waals surface area contributed by atoms with Crippen LogP contribution in [0.1, 0.15) is 60.9 Å². The van der Waals surface area contributed by atoms with Crippen molar-refractivity contribution in [1.29, 1.82) is 0 Å². The van der Waals surface area contributed by atoms with Crippen molar-refractivity contribution in [3.63, 3.8) is 0 Å². The summed E-state index contributed by atoms with van der Waals surface area (Å²) in [6.07, 6.45) is 4.23. The molecule has 5 heteroatoms. The number of likely N-dealkylation sites (tertiary alicyclic amines) is 1. The van der Waals surface area contributed by atoms with Crippen LogP contribution in [-0.4, -0.2) is 36.2 Å². The molecule has 4 nitrogen and oxygen atoms in total. The van der Waals surface area contributed by atoms with Gasteiger partial charge in [-0.2, -0.15) is 0 Å². The van der Waals surface area contributed by atoms with Gasteiger partial charge in [0.25, 0.3) is 0 Å². The number of amides is 1. The first-order valence-corrected chi connectivity index (χ1v) is 11.3. The van der Waals surface area contributed by atoms with Crippen molar-refractivity contribution < 1.29 is 9.59 Å². The fourth-order valence-electron chi connectivity index (χ4n) is 3.85. The van der Waals surface area contributed by atoms with Gasteiger partial charge in [-0.15, -0.1) is 0 Å². The van der Waals surface area contributed by atoms with E-state index in [0.29, 0.717) is 18.8 Å². The van der Waals surface area contributed by atoms with Gasteiger partial charge in [0.2, 0.25) is 5.91 Å². The first kappa shape index (κ1) is 21.7. The Kier molecular flexibility index (Phi) is 8.01. The summed E-state index contributed by atoms with van der Waals surface area (Å²) >= 11 is 3.40. The van der Waals surface area contributed by atoms with Crippen molar-refractivity contribution in [2.75, 3.05) is 25.0 Å². The number of piperidine rings is 1. The molecule has 1 fully saturated rings. The standard InChI is InChI=1S/C24H29BrN2O2/c1-2-24(29)26-22-6-3-5-20(17-22)18-12-15-27(16-13-18)14-4-7-23(28)19-8-10-21(25)11-9-19/h3,5-6,8-11,17-18H,2,4,7,12-16H2,1H3,(H,26,29). The molecule has 1 aliphatic heterocycles. The number of carbonyl (C=O) groups excluding carboxylic acids is 2. The van der Waals surface area contributed by atoms with Crippen molar-refractivity contribution in [3.05, 3.63) is 64.1 Å². The van der Waals surface area contributed by atoms with Crippen LogP contribution >= 0.6 is 15.9 Å². The van der Waals surface area contributed by atoms with Gasteiger partial charge in [0.1, 0.15) is 0 Å². The van der Waals surface area contributed by atoms with E-state index in [2.05, 4.69) is 38.3 Å². The van der Waals surface area contributed by atoms with Crippen molar-refractivity contribution in [1.82, 2.24) is 4.90 Å². The number of hydrogen-bond acceptors (Lipinski definition) is 3. The van der Waals surface area contributed by atoms with Gasteiger partial charge in [0, 0.05) is 28.6 Å². The van der Waals surface area contributed by atoms with E-state index in [4.69, 9.17) is 0 Å². The Balaban J connectivity index is 1.42. The molecule has 0 saturated carbocycles. The second kappa shape index (κ2) is 10.7. The minimum atomic E-state index is 0.0506. The van der Waals surface area contributed by atoms with Crippen LogP contribution in [0.3, 0.4) is 0 Å². The number of carbonyl (C=O) groups is 2.